The van der Waals surface area contributed by atoms with E-state index in [9.17, 15) is 19.5 Å². The van der Waals surface area contributed by atoms with Crippen LogP contribution in [0.3, 0.4) is 0 Å². The lowest BCUT2D eigenvalue weighted by Crippen LogP contribution is -2.69. The highest BCUT2D eigenvalue weighted by molar-refractivity contribution is 5.76. The summed E-state index contributed by atoms with van der Waals surface area (Å²) < 4.78 is 23.0. The quantitative estimate of drug-likeness (QED) is 0.464. The van der Waals surface area contributed by atoms with Crippen LogP contribution in [0.25, 0.3) is 0 Å². The van der Waals surface area contributed by atoms with E-state index in [0.29, 0.717) is 38.4 Å². The van der Waals surface area contributed by atoms with Gasteiger partial charge in [0.25, 0.3) is 0 Å². The summed E-state index contributed by atoms with van der Waals surface area (Å²) in [6.45, 7) is 6.60. The second kappa shape index (κ2) is 8.60. The van der Waals surface area contributed by atoms with E-state index in [1.807, 2.05) is 6.92 Å². The van der Waals surface area contributed by atoms with E-state index >= 15 is 0 Å². The summed E-state index contributed by atoms with van der Waals surface area (Å²) in [6.07, 6.45) is 4.41. The van der Waals surface area contributed by atoms with E-state index in [0.717, 1.165) is 32.3 Å². The molecule has 0 aromatic heterocycles. The van der Waals surface area contributed by atoms with E-state index in [1.165, 1.54) is 13.8 Å². The molecule has 4 rings (SSSR count). The number of hydrogen-bond donors (Lipinski definition) is 1. The summed E-state index contributed by atoms with van der Waals surface area (Å²) in [5, 5.41) is 10.7. The van der Waals surface area contributed by atoms with E-state index in [4.69, 9.17) is 18.9 Å². The van der Waals surface area contributed by atoms with Crippen LogP contribution in [0.4, 0.5) is 0 Å². The maximum atomic E-state index is 13.1. The molecule has 2 aliphatic heterocycles. The van der Waals surface area contributed by atoms with Crippen molar-refractivity contribution >= 4 is 17.9 Å². The molecular weight excluding hydrogens is 416 g/mol. The minimum atomic E-state index is -1.00. The van der Waals surface area contributed by atoms with E-state index < -0.39 is 40.4 Å². The Labute approximate surface area is 189 Å². The Balaban J connectivity index is 1.79. The van der Waals surface area contributed by atoms with Crippen LogP contribution in [0, 0.1) is 28.6 Å². The molecule has 32 heavy (non-hydrogen) atoms. The number of aliphatic carboxylic acids is 1. The van der Waals surface area contributed by atoms with E-state index in [2.05, 4.69) is 0 Å². The molecule has 1 N–H and O–H groups in total. The fraction of sp³-hybridized carbons (Fsp3) is 0.875. The molecule has 4 fully saturated rings. The number of carboxylic acid groups (broad SMARTS) is 1. The van der Waals surface area contributed by atoms with Crippen molar-refractivity contribution in [2.24, 2.45) is 28.6 Å². The van der Waals surface area contributed by atoms with Gasteiger partial charge in [0, 0.05) is 27.1 Å². The summed E-state index contributed by atoms with van der Waals surface area (Å²) in [6, 6.07) is 0. The third-order valence-electron chi connectivity index (χ3n) is 8.89. The zero-order valence-electron chi connectivity index (χ0n) is 19.4. The standard InChI is InChI=1S/C24H36O8/c1-15-11-20(32-17(3)26)24(14-30-16(2)25)19(5-4-8-22(24)13-31-22)23(15,21(27)28)9-6-18-7-10-29-12-18/h15,18-20H,4-14H2,1-3H3,(H,27,28)/t15-,18?,19-,20+,22?,23-,24+/m1/s1. The number of rotatable bonds is 7. The van der Waals surface area contributed by atoms with Crippen LogP contribution in [0.1, 0.15) is 65.7 Å². The molecule has 2 saturated carbocycles. The first-order valence-electron chi connectivity index (χ1n) is 11.9. The number of ether oxygens (including phenoxy) is 4. The largest absolute Gasteiger partial charge is 0.481 e. The van der Waals surface area contributed by atoms with Crippen molar-refractivity contribution in [3.8, 4) is 0 Å². The third kappa shape index (κ3) is 3.63. The molecule has 0 aromatic rings. The van der Waals surface area contributed by atoms with E-state index in [-0.39, 0.29) is 18.4 Å². The van der Waals surface area contributed by atoms with Gasteiger partial charge in [-0.25, -0.2) is 0 Å². The molecule has 2 unspecified atom stereocenters. The number of carboxylic acids is 1. The maximum absolute atomic E-state index is 13.1. The topological polar surface area (TPSA) is 112 Å². The smallest absolute Gasteiger partial charge is 0.310 e. The number of hydrogen-bond acceptors (Lipinski definition) is 7. The molecule has 7 atom stereocenters. The number of carbonyl (C=O) groups excluding carboxylic acids is 2. The fourth-order valence-electron chi connectivity index (χ4n) is 7.26. The molecule has 180 valence electrons. The van der Waals surface area contributed by atoms with Gasteiger partial charge in [-0.15, -0.1) is 0 Å². The predicted molar refractivity (Wildman–Crippen MR) is 113 cm³/mol. The van der Waals surface area contributed by atoms with Crippen molar-refractivity contribution in [3.63, 3.8) is 0 Å². The van der Waals surface area contributed by atoms with Gasteiger partial charge in [0.2, 0.25) is 0 Å². The predicted octanol–water partition coefficient (Wildman–Crippen LogP) is 2.96. The van der Waals surface area contributed by atoms with E-state index in [1.54, 1.807) is 0 Å². The summed E-state index contributed by atoms with van der Waals surface area (Å²) in [5.74, 6) is -1.80. The monoisotopic (exact) mass is 452 g/mol. The highest BCUT2D eigenvalue weighted by atomic mass is 16.6. The molecule has 1 spiro atoms. The van der Waals surface area contributed by atoms with Crippen molar-refractivity contribution in [1.82, 2.24) is 0 Å². The first-order valence-corrected chi connectivity index (χ1v) is 11.9. The molecule has 0 amide bonds. The first-order chi connectivity index (χ1) is 15.2. The molecule has 8 heteroatoms. The van der Waals surface area contributed by atoms with Gasteiger partial charge in [-0.05, 0) is 56.3 Å². The highest BCUT2D eigenvalue weighted by Crippen LogP contribution is 2.69. The zero-order valence-corrected chi connectivity index (χ0v) is 19.4. The maximum Gasteiger partial charge on any atom is 0.310 e. The normalized spacial score (nSPS) is 42.8. The Bertz CT molecular complexity index is 755. The zero-order chi connectivity index (χ0) is 23.1. The van der Waals surface area contributed by atoms with Crippen molar-refractivity contribution in [2.45, 2.75) is 77.4 Å². The average molecular weight is 453 g/mol. The van der Waals surface area contributed by atoms with Gasteiger partial charge in [-0.2, -0.15) is 0 Å². The van der Waals surface area contributed by atoms with Gasteiger partial charge in [-0.1, -0.05) is 13.3 Å². The highest BCUT2D eigenvalue weighted by Gasteiger charge is 2.77. The van der Waals surface area contributed by atoms with Gasteiger partial charge in [0.05, 0.1) is 17.4 Å². The van der Waals surface area contributed by atoms with Crippen LogP contribution in [-0.2, 0) is 33.3 Å². The van der Waals surface area contributed by atoms with Gasteiger partial charge in [-0.3, -0.25) is 14.4 Å². The van der Waals surface area contributed by atoms with Crippen molar-refractivity contribution < 1.29 is 38.4 Å². The summed E-state index contributed by atoms with van der Waals surface area (Å²) in [7, 11) is 0. The van der Waals surface area contributed by atoms with Gasteiger partial charge in [0.1, 0.15) is 18.3 Å². The lowest BCUT2D eigenvalue weighted by molar-refractivity contribution is -0.235. The van der Waals surface area contributed by atoms with Crippen LogP contribution in [0.2, 0.25) is 0 Å². The summed E-state index contributed by atoms with van der Waals surface area (Å²) >= 11 is 0. The van der Waals surface area contributed by atoms with Crippen molar-refractivity contribution in [1.29, 1.82) is 0 Å². The van der Waals surface area contributed by atoms with Gasteiger partial charge >= 0.3 is 17.9 Å². The Hall–Kier alpha value is -1.67. The summed E-state index contributed by atoms with van der Waals surface area (Å²) in [5.41, 5.74) is -2.47. The number of esters is 2. The molecular formula is C24H36O8. The first kappa shape index (κ1) is 23.5. The minimum Gasteiger partial charge on any atom is -0.481 e. The molecule has 2 aliphatic carbocycles. The Kier molecular flexibility index (Phi) is 6.31. The second-order valence-corrected chi connectivity index (χ2v) is 10.4. The molecule has 0 bridgehead atoms. The second-order valence-electron chi connectivity index (χ2n) is 10.4. The average Bonchev–Trinajstić information content (AvgIpc) is 3.29. The summed E-state index contributed by atoms with van der Waals surface area (Å²) in [4.78, 5) is 37.1. The van der Waals surface area contributed by atoms with Crippen LogP contribution in [0.5, 0.6) is 0 Å². The molecule has 4 aliphatic rings. The number of carbonyl (C=O) groups is 3. The van der Waals surface area contributed by atoms with Crippen LogP contribution >= 0.6 is 0 Å². The lowest BCUT2D eigenvalue weighted by atomic mass is 9.42. The molecule has 8 nitrogen and oxygen atoms in total. The van der Waals surface area contributed by atoms with Gasteiger partial charge < -0.3 is 24.1 Å². The van der Waals surface area contributed by atoms with Crippen LogP contribution in [-0.4, -0.2) is 61.1 Å². The van der Waals surface area contributed by atoms with Crippen LogP contribution in [0.15, 0.2) is 0 Å². The number of fused-ring (bicyclic) bond motifs is 2. The van der Waals surface area contributed by atoms with Crippen molar-refractivity contribution in [2.75, 3.05) is 26.4 Å². The SMILES string of the molecule is CC(=O)OC[C@@]12[C@@H](OC(C)=O)C[C@@H](C)[C@@](CCC3CCOC3)(C(=O)O)[C@H]1CCCC21CO1. The fourth-order valence-corrected chi connectivity index (χ4v) is 7.26. The Morgan fingerprint density at radius 2 is 1.91 bits per heavy atom. The Morgan fingerprint density at radius 1 is 1.16 bits per heavy atom. The Morgan fingerprint density at radius 3 is 2.47 bits per heavy atom. The molecule has 0 aromatic carbocycles. The third-order valence-corrected chi connectivity index (χ3v) is 8.89. The van der Waals surface area contributed by atoms with Crippen LogP contribution < -0.4 is 0 Å². The minimum absolute atomic E-state index is 0.0131. The molecule has 0 radical (unpaired) electrons. The van der Waals surface area contributed by atoms with Crippen molar-refractivity contribution in [3.05, 3.63) is 0 Å². The molecule has 2 saturated heterocycles. The van der Waals surface area contributed by atoms with Gasteiger partial charge in [0.15, 0.2) is 0 Å². The number of epoxide rings is 1. The lowest BCUT2D eigenvalue weighted by Gasteiger charge is -2.62. The molecule has 2 heterocycles.